The third-order valence-corrected chi connectivity index (χ3v) is 5.63. The predicted molar refractivity (Wildman–Crippen MR) is 104 cm³/mol. The number of carbonyl (C=O) groups excluding carboxylic acids is 1. The SMILES string of the molecule is Cc1cc(C)c(NC(=O)C(C)Sc2n[nH]c(-c3cccs3)n2)c(C)c1. The Hall–Kier alpha value is -2.12. The molecular formula is C18H20N4OS2. The molecule has 1 amide bonds. The summed E-state index contributed by atoms with van der Waals surface area (Å²) in [6.07, 6.45) is 0. The number of amides is 1. The lowest BCUT2D eigenvalue weighted by Gasteiger charge is -2.15. The van der Waals surface area contributed by atoms with Crippen LogP contribution in [0.5, 0.6) is 0 Å². The number of anilines is 1. The van der Waals surface area contributed by atoms with Gasteiger partial charge in [0.05, 0.1) is 10.1 Å². The van der Waals surface area contributed by atoms with Crippen LogP contribution in [0.25, 0.3) is 10.7 Å². The molecule has 2 aromatic heterocycles. The largest absolute Gasteiger partial charge is 0.325 e. The van der Waals surface area contributed by atoms with Crippen LogP contribution in [0.1, 0.15) is 23.6 Å². The Kier molecular flexibility index (Phi) is 5.24. The molecule has 0 bridgehead atoms. The quantitative estimate of drug-likeness (QED) is 0.643. The molecule has 5 nitrogen and oxygen atoms in total. The van der Waals surface area contributed by atoms with Crippen molar-refractivity contribution in [1.82, 2.24) is 15.2 Å². The minimum absolute atomic E-state index is 0.0532. The summed E-state index contributed by atoms with van der Waals surface area (Å²) >= 11 is 2.94. The van der Waals surface area contributed by atoms with Crippen LogP contribution in [0, 0.1) is 20.8 Å². The van der Waals surface area contributed by atoms with Crippen molar-refractivity contribution in [1.29, 1.82) is 0 Å². The third-order valence-electron chi connectivity index (χ3n) is 3.80. The van der Waals surface area contributed by atoms with Crippen LogP contribution >= 0.6 is 23.1 Å². The third kappa shape index (κ3) is 4.11. The molecule has 2 N–H and O–H groups in total. The van der Waals surface area contributed by atoms with Gasteiger partial charge in [0.2, 0.25) is 11.1 Å². The van der Waals surface area contributed by atoms with Gasteiger partial charge in [-0.05, 0) is 50.3 Å². The van der Waals surface area contributed by atoms with E-state index < -0.39 is 0 Å². The van der Waals surface area contributed by atoms with Crippen LogP contribution in [-0.4, -0.2) is 26.3 Å². The zero-order valence-electron chi connectivity index (χ0n) is 14.6. The zero-order chi connectivity index (χ0) is 18.0. The van der Waals surface area contributed by atoms with Gasteiger partial charge >= 0.3 is 0 Å². The minimum atomic E-state index is -0.299. The molecule has 2 heterocycles. The Morgan fingerprint density at radius 2 is 2.00 bits per heavy atom. The van der Waals surface area contributed by atoms with E-state index in [0.29, 0.717) is 5.16 Å². The van der Waals surface area contributed by atoms with E-state index in [1.54, 1.807) is 11.3 Å². The van der Waals surface area contributed by atoms with E-state index in [-0.39, 0.29) is 11.2 Å². The second kappa shape index (κ2) is 7.41. The fraction of sp³-hybridized carbons (Fsp3) is 0.278. The summed E-state index contributed by atoms with van der Waals surface area (Å²) < 4.78 is 0. The Balaban J connectivity index is 1.67. The monoisotopic (exact) mass is 372 g/mol. The number of nitrogens with one attached hydrogen (secondary N) is 2. The lowest BCUT2D eigenvalue weighted by atomic mass is 10.1. The molecule has 130 valence electrons. The summed E-state index contributed by atoms with van der Waals surface area (Å²) in [5.74, 6) is 0.679. The maximum Gasteiger partial charge on any atom is 0.237 e. The van der Waals surface area contributed by atoms with Gasteiger partial charge in [0.1, 0.15) is 0 Å². The van der Waals surface area contributed by atoms with Gasteiger partial charge in [-0.2, -0.15) is 0 Å². The van der Waals surface area contributed by atoms with Crippen molar-refractivity contribution in [2.75, 3.05) is 5.32 Å². The molecule has 0 aliphatic rings. The number of thiophene rings is 1. The molecule has 3 aromatic rings. The Morgan fingerprint density at radius 3 is 2.64 bits per heavy atom. The van der Waals surface area contributed by atoms with Crippen LogP contribution in [0.2, 0.25) is 0 Å². The first-order valence-corrected chi connectivity index (χ1v) is 9.71. The van der Waals surface area contributed by atoms with Crippen molar-refractivity contribution >= 4 is 34.7 Å². The number of rotatable bonds is 5. The van der Waals surface area contributed by atoms with Gasteiger partial charge in [-0.3, -0.25) is 9.89 Å². The Labute approximate surface area is 155 Å². The van der Waals surface area contributed by atoms with Crippen LogP contribution in [0.4, 0.5) is 5.69 Å². The molecule has 1 atom stereocenters. The van der Waals surface area contributed by atoms with Crippen LogP contribution < -0.4 is 5.32 Å². The Morgan fingerprint density at radius 1 is 1.28 bits per heavy atom. The fourth-order valence-corrected chi connectivity index (χ4v) is 4.02. The minimum Gasteiger partial charge on any atom is -0.325 e. The van der Waals surface area contributed by atoms with Crippen molar-refractivity contribution in [2.45, 2.75) is 38.1 Å². The first-order valence-electron chi connectivity index (χ1n) is 7.95. The molecule has 0 aliphatic carbocycles. The Bertz CT molecular complexity index is 863. The molecular weight excluding hydrogens is 352 g/mol. The normalized spacial score (nSPS) is 12.2. The number of nitrogens with zero attached hydrogens (tertiary/aromatic N) is 2. The maximum absolute atomic E-state index is 12.5. The van der Waals surface area contributed by atoms with Crippen molar-refractivity contribution in [3.8, 4) is 10.7 Å². The molecule has 7 heteroatoms. The van der Waals surface area contributed by atoms with E-state index in [1.165, 1.54) is 17.3 Å². The van der Waals surface area contributed by atoms with E-state index in [2.05, 4.69) is 39.6 Å². The first kappa shape index (κ1) is 17.7. The van der Waals surface area contributed by atoms with Gasteiger partial charge in [-0.1, -0.05) is 35.5 Å². The van der Waals surface area contributed by atoms with E-state index in [9.17, 15) is 4.79 Å². The molecule has 0 radical (unpaired) electrons. The molecule has 0 aliphatic heterocycles. The highest BCUT2D eigenvalue weighted by atomic mass is 32.2. The number of thioether (sulfide) groups is 1. The summed E-state index contributed by atoms with van der Waals surface area (Å²) in [5.41, 5.74) is 4.22. The number of benzene rings is 1. The summed E-state index contributed by atoms with van der Waals surface area (Å²) in [7, 11) is 0. The van der Waals surface area contributed by atoms with Gasteiger partial charge in [-0.15, -0.1) is 16.4 Å². The first-order chi connectivity index (χ1) is 11.9. The number of carbonyl (C=O) groups is 1. The second-order valence-corrected chi connectivity index (χ2v) is 8.22. The number of aryl methyl sites for hydroxylation is 3. The van der Waals surface area contributed by atoms with Gasteiger partial charge < -0.3 is 5.32 Å². The summed E-state index contributed by atoms with van der Waals surface area (Å²) in [6.45, 7) is 7.94. The molecule has 0 saturated carbocycles. The highest BCUT2D eigenvalue weighted by molar-refractivity contribution is 8.00. The molecule has 0 fully saturated rings. The number of aromatic nitrogens is 3. The molecule has 1 aromatic carbocycles. The standard InChI is InChI=1S/C18H20N4OS2/c1-10-8-11(2)15(12(3)9-10)19-17(23)13(4)25-18-20-16(21-22-18)14-6-5-7-24-14/h5-9,13H,1-4H3,(H,19,23)(H,20,21,22). The lowest BCUT2D eigenvalue weighted by Crippen LogP contribution is -2.23. The fourth-order valence-electron chi connectivity index (χ4n) is 2.64. The summed E-state index contributed by atoms with van der Waals surface area (Å²) in [4.78, 5) is 18.0. The van der Waals surface area contributed by atoms with Crippen molar-refractivity contribution in [3.05, 3.63) is 46.3 Å². The lowest BCUT2D eigenvalue weighted by molar-refractivity contribution is -0.115. The average Bonchev–Trinajstić information content (AvgIpc) is 3.21. The van der Waals surface area contributed by atoms with Crippen molar-refractivity contribution in [3.63, 3.8) is 0 Å². The van der Waals surface area contributed by atoms with Gasteiger partial charge in [0, 0.05) is 5.69 Å². The topological polar surface area (TPSA) is 70.7 Å². The van der Waals surface area contributed by atoms with Crippen LogP contribution in [0.3, 0.4) is 0 Å². The van der Waals surface area contributed by atoms with Gasteiger partial charge in [0.25, 0.3) is 0 Å². The second-order valence-electron chi connectivity index (χ2n) is 5.97. The predicted octanol–water partition coefficient (Wildman–Crippen LogP) is 4.58. The van der Waals surface area contributed by atoms with E-state index in [1.807, 2.05) is 38.3 Å². The van der Waals surface area contributed by atoms with Crippen molar-refractivity contribution < 1.29 is 4.79 Å². The number of hydrogen-bond donors (Lipinski definition) is 2. The highest BCUT2D eigenvalue weighted by Gasteiger charge is 2.19. The van der Waals surface area contributed by atoms with E-state index in [0.717, 1.165) is 27.5 Å². The smallest absolute Gasteiger partial charge is 0.237 e. The van der Waals surface area contributed by atoms with Crippen LogP contribution in [-0.2, 0) is 4.79 Å². The molecule has 3 rings (SSSR count). The van der Waals surface area contributed by atoms with Gasteiger partial charge in [0.15, 0.2) is 5.82 Å². The van der Waals surface area contributed by atoms with Gasteiger partial charge in [-0.25, -0.2) is 4.98 Å². The zero-order valence-corrected chi connectivity index (χ0v) is 16.2. The highest BCUT2D eigenvalue weighted by Crippen LogP contribution is 2.27. The number of hydrogen-bond acceptors (Lipinski definition) is 5. The maximum atomic E-state index is 12.5. The molecule has 25 heavy (non-hydrogen) atoms. The molecule has 1 unspecified atom stereocenters. The van der Waals surface area contributed by atoms with Crippen LogP contribution in [0.15, 0.2) is 34.8 Å². The summed E-state index contributed by atoms with van der Waals surface area (Å²) in [6, 6.07) is 8.10. The average molecular weight is 373 g/mol. The van der Waals surface area contributed by atoms with E-state index in [4.69, 9.17) is 0 Å². The molecule has 0 saturated heterocycles. The number of H-pyrrole nitrogens is 1. The number of aromatic amines is 1. The molecule has 0 spiro atoms. The van der Waals surface area contributed by atoms with E-state index >= 15 is 0 Å². The summed E-state index contributed by atoms with van der Waals surface area (Å²) in [5, 5.41) is 12.4. The van der Waals surface area contributed by atoms with Crippen molar-refractivity contribution in [2.24, 2.45) is 0 Å².